The van der Waals surface area contributed by atoms with E-state index < -0.39 is 17.7 Å². The first-order valence-corrected chi connectivity index (χ1v) is 7.65. The summed E-state index contributed by atoms with van der Waals surface area (Å²) in [7, 11) is 2.93. The van der Waals surface area contributed by atoms with Crippen LogP contribution in [0.2, 0.25) is 0 Å². The second-order valence-corrected chi connectivity index (χ2v) is 5.30. The number of carbonyl (C=O) groups excluding carboxylic acids is 3. The molecule has 0 saturated heterocycles. The Labute approximate surface area is 150 Å². The van der Waals surface area contributed by atoms with E-state index in [1.807, 2.05) is 13.0 Å². The van der Waals surface area contributed by atoms with E-state index in [1.165, 1.54) is 20.3 Å². The monoisotopic (exact) mass is 357 g/mol. The smallest absolute Gasteiger partial charge is 0.328 e. The van der Waals surface area contributed by atoms with E-state index in [0.717, 1.165) is 5.56 Å². The van der Waals surface area contributed by atoms with Gasteiger partial charge < -0.3 is 14.8 Å². The average molecular weight is 357 g/mol. The Morgan fingerprint density at radius 1 is 0.885 bits per heavy atom. The molecule has 26 heavy (non-hydrogen) atoms. The van der Waals surface area contributed by atoms with Crippen LogP contribution in [0.5, 0.6) is 11.5 Å². The molecule has 0 spiro atoms. The number of carbonyl (C=O) groups is 3. The fourth-order valence-corrected chi connectivity index (χ4v) is 2.11. The van der Waals surface area contributed by atoms with Gasteiger partial charge in [-0.05, 0) is 42.8 Å². The molecule has 2 aromatic rings. The lowest BCUT2D eigenvalue weighted by Gasteiger charge is -2.11. The summed E-state index contributed by atoms with van der Waals surface area (Å²) in [6.07, 6.45) is 0. The van der Waals surface area contributed by atoms with Crippen molar-refractivity contribution in [3.63, 3.8) is 0 Å². The number of hydrogen-bond donors (Lipinski definition) is 3. The van der Waals surface area contributed by atoms with Crippen LogP contribution in [0.15, 0.2) is 42.5 Å². The molecule has 0 aliphatic rings. The zero-order valence-corrected chi connectivity index (χ0v) is 14.6. The molecule has 8 heteroatoms. The molecule has 8 nitrogen and oxygen atoms in total. The molecule has 0 bridgehead atoms. The SMILES string of the molecule is COc1cccc(C(=O)NNC(=O)C(=O)Nc2cc(C)ccc2OC)c1. The van der Waals surface area contributed by atoms with E-state index in [9.17, 15) is 14.4 Å². The first kappa shape index (κ1) is 18.8. The Morgan fingerprint density at radius 2 is 1.65 bits per heavy atom. The topological polar surface area (TPSA) is 106 Å². The molecule has 0 aromatic heterocycles. The third-order valence-corrected chi connectivity index (χ3v) is 3.43. The molecule has 0 heterocycles. The molecule has 3 N–H and O–H groups in total. The van der Waals surface area contributed by atoms with Crippen LogP contribution in [0, 0.1) is 6.92 Å². The van der Waals surface area contributed by atoms with E-state index in [-0.39, 0.29) is 5.56 Å². The predicted octanol–water partition coefficient (Wildman–Crippen LogP) is 1.41. The summed E-state index contributed by atoms with van der Waals surface area (Å²) < 4.78 is 10.2. The quantitative estimate of drug-likeness (QED) is 0.567. The Bertz CT molecular complexity index is 835. The van der Waals surface area contributed by atoms with E-state index in [0.29, 0.717) is 17.2 Å². The first-order chi connectivity index (χ1) is 12.4. The van der Waals surface area contributed by atoms with Gasteiger partial charge in [-0.2, -0.15) is 0 Å². The largest absolute Gasteiger partial charge is 0.497 e. The Balaban J connectivity index is 1.96. The second-order valence-electron chi connectivity index (χ2n) is 5.30. The van der Waals surface area contributed by atoms with Gasteiger partial charge in [-0.25, -0.2) is 0 Å². The average Bonchev–Trinajstić information content (AvgIpc) is 2.66. The standard InChI is InChI=1S/C18H19N3O5/c1-11-7-8-15(26-3)14(9-11)19-17(23)18(24)21-20-16(22)12-5-4-6-13(10-12)25-2/h4-10H,1-3H3,(H,19,23)(H,20,22)(H,21,24). The summed E-state index contributed by atoms with van der Waals surface area (Å²) >= 11 is 0. The number of rotatable bonds is 4. The number of amides is 3. The van der Waals surface area contributed by atoms with E-state index in [4.69, 9.17) is 9.47 Å². The van der Waals surface area contributed by atoms with Crippen LogP contribution in [0.1, 0.15) is 15.9 Å². The van der Waals surface area contributed by atoms with Gasteiger partial charge in [-0.1, -0.05) is 12.1 Å². The summed E-state index contributed by atoms with van der Waals surface area (Å²) in [6, 6.07) is 11.5. The highest BCUT2D eigenvalue weighted by Gasteiger charge is 2.17. The van der Waals surface area contributed by atoms with Gasteiger partial charge in [-0.3, -0.25) is 25.2 Å². The van der Waals surface area contributed by atoms with Crippen molar-refractivity contribution < 1.29 is 23.9 Å². The summed E-state index contributed by atoms with van der Waals surface area (Å²) in [4.78, 5) is 35.9. The minimum Gasteiger partial charge on any atom is -0.497 e. The highest BCUT2D eigenvalue weighted by Crippen LogP contribution is 2.24. The molecule has 2 aromatic carbocycles. The lowest BCUT2D eigenvalue weighted by atomic mass is 10.2. The maximum Gasteiger partial charge on any atom is 0.328 e. The minimum absolute atomic E-state index is 0.269. The van der Waals surface area contributed by atoms with Crippen LogP contribution < -0.4 is 25.6 Å². The molecular weight excluding hydrogens is 338 g/mol. The normalized spacial score (nSPS) is 9.81. The number of hydrogen-bond acceptors (Lipinski definition) is 5. The number of anilines is 1. The van der Waals surface area contributed by atoms with Crippen LogP contribution in [-0.4, -0.2) is 31.9 Å². The molecule has 0 aliphatic carbocycles. The molecule has 2 rings (SSSR count). The number of aryl methyl sites for hydroxylation is 1. The summed E-state index contributed by atoms with van der Waals surface area (Å²) in [5.74, 6) is -1.65. The van der Waals surface area contributed by atoms with Gasteiger partial charge in [0.05, 0.1) is 19.9 Å². The van der Waals surface area contributed by atoms with Crippen molar-refractivity contribution in [2.24, 2.45) is 0 Å². The molecule has 0 fully saturated rings. The van der Waals surface area contributed by atoms with Gasteiger partial charge in [0.15, 0.2) is 0 Å². The van der Waals surface area contributed by atoms with Crippen molar-refractivity contribution >= 4 is 23.4 Å². The fraction of sp³-hybridized carbons (Fsp3) is 0.167. The van der Waals surface area contributed by atoms with Crippen molar-refractivity contribution in [1.82, 2.24) is 10.9 Å². The molecular formula is C18H19N3O5. The zero-order chi connectivity index (χ0) is 19.1. The number of benzene rings is 2. The van der Waals surface area contributed by atoms with Gasteiger partial charge in [-0.15, -0.1) is 0 Å². The number of ether oxygens (including phenoxy) is 2. The molecule has 0 unspecified atom stereocenters. The Hall–Kier alpha value is -3.55. The van der Waals surface area contributed by atoms with Crippen molar-refractivity contribution in [2.45, 2.75) is 6.92 Å². The van der Waals surface area contributed by atoms with E-state index >= 15 is 0 Å². The van der Waals surface area contributed by atoms with Crippen LogP contribution >= 0.6 is 0 Å². The highest BCUT2D eigenvalue weighted by atomic mass is 16.5. The van der Waals surface area contributed by atoms with Crippen LogP contribution in [-0.2, 0) is 9.59 Å². The molecule has 0 atom stereocenters. The van der Waals surface area contributed by atoms with Crippen LogP contribution in [0.4, 0.5) is 5.69 Å². The van der Waals surface area contributed by atoms with E-state index in [2.05, 4.69) is 16.2 Å². The van der Waals surface area contributed by atoms with Gasteiger partial charge in [0.1, 0.15) is 11.5 Å². The second kappa shape index (κ2) is 8.52. The number of methoxy groups -OCH3 is 2. The summed E-state index contributed by atoms with van der Waals surface area (Å²) in [5.41, 5.74) is 5.73. The molecule has 0 aliphatic heterocycles. The number of hydrazine groups is 1. The third kappa shape index (κ3) is 4.73. The van der Waals surface area contributed by atoms with Crippen LogP contribution in [0.25, 0.3) is 0 Å². The highest BCUT2D eigenvalue weighted by molar-refractivity contribution is 6.39. The minimum atomic E-state index is -1.02. The molecule has 3 amide bonds. The van der Waals surface area contributed by atoms with Gasteiger partial charge >= 0.3 is 11.8 Å². The van der Waals surface area contributed by atoms with Crippen molar-refractivity contribution in [3.05, 3.63) is 53.6 Å². The summed E-state index contributed by atoms with van der Waals surface area (Å²) in [5, 5.41) is 2.44. The third-order valence-electron chi connectivity index (χ3n) is 3.43. The first-order valence-electron chi connectivity index (χ1n) is 7.65. The van der Waals surface area contributed by atoms with Crippen LogP contribution in [0.3, 0.4) is 0 Å². The van der Waals surface area contributed by atoms with Gasteiger partial charge in [0.2, 0.25) is 0 Å². The maximum atomic E-state index is 12.0. The molecule has 0 radical (unpaired) electrons. The zero-order valence-electron chi connectivity index (χ0n) is 14.6. The fourth-order valence-electron chi connectivity index (χ4n) is 2.11. The lowest BCUT2D eigenvalue weighted by molar-refractivity contribution is -0.136. The predicted molar refractivity (Wildman–Crippen MR) is 95.0 cm³/mol. The molecule has 0 saturated carbocycles. The van der Waals surface area contributed by atoms with Crippen molar-refractivity contribution in [1.29, 1.82) is 0 Å². The van der Waals surface area contributed by atoms with Crippen molar-refractivity contribution in [2.75, 3.05) is 19.5 Å². The van der Waals surface area contributed by atoms with E-state index in [1.54, 1.807) is 30.3 Å². The van der Waals surface area contributed by atoms with Gasteiger partial charge in [0.25, 0.3) is 5.91 Å². The number of nitrogens with one attached hydrogen (secondary N) is 3. The van der Waals surface area contributed by atoms with Crippen molar-refractivity contribution in [3.8, 4) is 11.5 Å². The Kier molecular flexibility index (Phi) is 6.15. The maximum absolute atomic E-state index is 12.0. The lowest BCUT2D eigenvalue weighted by Crippen LogP contribution is -2.46. The van der Waals surface area contributed by atoms with Gasteiger partial charge in [0, 0.05) is 5.56 Å². The Morgan fingerprint density at radius 3 is 2.35 bits per heavy atom. The molecule has 136 valence electrons. The summed E-state index contributed by atoms with van der Waals surface area (Å²) in [6.45, 7) is 1.84.